The molecular formula is C49H57N3. The van der Waals surface area contributed by atoms with E-state index in [0.29, 0.717) is 5.62 Å². The molecule has 0 bridgehead atoms. The van der Waals surface area contributed by atoms with Gasteiger partial charge in [-0.2, -0.15) is 0 Å². The highest BCUT2D eigenvalue weighted by molar-refractivity contribution is 5.63. The molecule has 1 N–H and O–H groups in total. The van der Waals surface area contributed by atoms with Crippen molar-refractivity contribution in [3.63, 3.8) is 0 Å². The molecule has 268 valence electrons. The number of allylic oxidation sites excluding steroid dienone is 16. The predicted octanol–water partition coefficient (Wildman–Crippen LogP) is 12.0. The summed E-state index contributed by atoms with van der Waals surface area (Å²) in [6.45, 7) is 13.8. The first kappa shape index (κ1) is 35.8. The molecule has 0 amide bonds. The Balaban J connectivity index is 1.57. The minimum Gasteiger partial charge on any atom is -0.285 e. The monoisotopic (exact) mass is 687 g/mol. The second-order valence-corrected chi connectivity index (χ2v) is 15.8. The van der Waals surface area contributed by atoms with Crippen LogP contribution in [0.4, 0.5) is 0 Å². The summed E-state index contributed by atoms with van der Waals surface area (Å²) in [7, 11) is 0. The molecule has 4 aliphatic carbocycles. The Bertz CT molecular complexity index is 1880. The number of nitrogens with one attached hydrogen (secondary N) is 1. The molecule has 0 saturated carbocycles. The van der Waals surface area contributed by atoms with Crippen molar-refractivity contribution in [2.75, 3.05) is 0 Å². The Morgan fingerprint density at radius 3 is 0.942 bits per heavy atom. The van der Waals surface area contributed by atoms with Crippen molar-refractivity contribution in [3.05, 3.63) is 173 Å². The van der Waals surface area contributed by atoms with E-state index < -0.39 is 0 Å². The Morgan fingerprint density at radius 1 is 0.462 bits per heavy atom. The van der Waals surface area contributed by atoms with E-state index in [-0.39, 0.29) is 21.7 Å². The summed E-state index contributed by atoms with van der Waals surface area (Å²) in [5.41, 5.74) is 10.0. The van der Waals surface area contributed by atoms with E-state index in [9.17, 15) is 5.41 Å². The van der Waals surface area contributed by atoms with E-state index in [1.165, 1.54) is 44.8 Å². The molecule has 0 saturated heterocycles. The molecule has 3 heteroatoms. The third-order valence-electron chi connectivity index (χ3n) is 13.1. The van der Waals surface area contributed by atoms with Crippen molar-refractivity contribution in [3.8, 4) is 11.4 Å². The van der Waals surface area contributed by atoms with Crippen LogP contribution in [0.15, 0.2) is 134 Å². The van der Waals surface area contributed by atoms with Crippen LogP contribution in [0.3, 0.4) is 0 Å². The van der Waals surface area contributed by atoms with Crippen LogP contribution < -0.4 is 5.62 Å². The van der Waals surface area contributed by atoms with E-state index in [1.54, 1.807) is 0 Å². The third kappa shape index (κ3) is 5.77. The van der Waals surface area contributed by atoms with Gasteiger partial charge in [-0.1, -0.05) is 160 Å². The zero-order valence-corrected chi connectivity index (χ0v) is 32.3. The van der Waals surface area contributed by atoms with Gasteiger partial charge in [0.05, 0.1) is 11.4 Å². The first-order valence-electron chi connectivity index (χ1n) is 19.7. The van der Waals surface area contributed by atoms with Gasteiger partial charge in [0, 0.05) is 34.1 Å². The second kappa shape index (κ2) is 14.1. The molecule has 7 rings (SSSR count). The van der Waals surface area contributed by atoms with Crippen LogP contribution >= 0.6 is 0 Å². The molecule has 0 fully saturated rings. The van der Waals surface area contributed by atoms with Gasteiger partial charge in [0.25, 0.3) is 0 Å². The third-order valence-corrected chi connectivity index (χ3v) is 13.1. The number of nitrogens with zero attached hydrogens (tertiary/aromatic N) is 2. The Labute approximate surface area is 312 Å². The van der Waals surface area contributed by atoms with Gasteiger partial charge in [0.2, 0.25) is 5.62 Å². The minimum absolute atomic E-state index is 0.160. The molecule has 0 radical (unpaired) electrons. The van der Waals surface area contributed by atoms with Crippen LogP contribution in [0.25, 0.3) is 11.4 Å². The minimum atomic E-state index is -0.160. The molecule has 4 aliphatic rings. The lowest BCUT2D eigenvalue weighted by atomic mass is 9.67. The molecule has 3 nitrogen and oxygen atoms in total. The van der Waals surface area contributed by atoms with E-state index in [0.717, 1.165) is 51.4 Å². The van der Waals surface area contributed by atoms with E-state index in [1.807, 2.05) is 0 Å². The van der Waals surface area contributed by atoms with E-state index >= 15 is 0 Å². The fourth-order valence-electron chi connectivity index (χ4n) is 9.61. The number of rotatable bonds is 10. The number of aromatic nitrogens is 2. The van der Waals surface area contributed by atoms with Crippen molar-refractivity contribution in [2.24, 2.45) is 0 Å². The molecular weight excluding hydrogens is 631 g/mol. The maximum Gasteiger partial charge on any atom is 0.211 e. The summed E-state index contributed by atoms with van der Waals surface area (Å²) in [6.07, 6.45) is 48.7. The highest BCUT2D eigenvalue weighted by Gasteiger charge is 2.40. The average molecular weight is 688 g/mol. The topological polar surface area (TPSA) is 33.7 Å². The molecule has 4 atom stereocenters. The number of hydrogen-bond acceptors (Lipinski definition) is 1. The second-order valence-electron chi connectivity index (χ2n) is 15.8. The van der Waals surface area contributed by atoms with Crippen molar-refractivity contribution in [2.45, 2.75) is 115 Å². The molecule has 1 aromatic heterocycles. The van der Waals surface area contributed by atoms with Crippen LogP contribution in [0.5, 0.6) is 0 Å². The van der Waals surface area contributed by atoms with Gasteiger partial charge in [0.1, 0.15) is 0 Å². The molecule has 0 spiro atoms. The summed E-state index contributed by atoms with van der Waals surface area (Å²) in [5, 5.41) is 10.3. The van der Waals surface area contributed by atoms with Gasteiger partial charge >= 0.3 is 0 Å². The number of hydrogen-bond donors (Lipinski definition) is 1. The van der Waals surface area contributed by atoms with Crippen molar-refractivity contribution in [1.29, 1.82) is 5.41 Å². The van der Waals surface area contributed by atoms with Gasteiger partial charge in [-0.05, 0) is 87.5 Å². The highest BCUT2D eigenvalue weighted by Crippen LogP contribution is 2.48. The van der Waals surface area contributed by atoms with E-state index in [4.69, 9.17) is 0 Å². The lowest BCUT2D eigenvalue weighted by Gasteiger charge is -2.39. The largest absolute Gasteiger partial charge is 0.285 e. The van der Waals surface area contributed by atoms with Crippen LogP contribution in [0, 0.1) is 19.3 Å². The first-order valence-corrected chi connectivity index (χ1v) is 19.7. The average Bonchev–Trinajstić information content (AvgIpc) is 3.58. The first-order chi connectivity index (χ1) is 25.2. The number of aryl methyl sites for hydroxylation is 2. The normalized spacial score (nSPS) is 27.6. The zero-order chi connectivity index (χ0) is 36.6. The highest BCUT2D eigenvalue weighted by atomic mass is 15.2. The Hall–Kier alpha value is -4.63. The lowest BCUT2D eigenvalue weighted by molar-refractivity contribution is 0.492. The van der Waals surface area contributed by atoms with Gasteiger partial charge in [-0.3, -0.25) is 14.5 Å². The van der Waals surface area contributed by atoms with Crippen LogP contribution in [0.1, 0.15) is 112 Å². The lowest BCUT2D eigenvalue weighted by Crippen LogP contribution is -2.35. The van der Waals surface area contributed by atoms with Crippen molar-refractivity contribution >= 4 is 0 Å². The quantitative estimate of drug-likeness (QED) is 0.220. The van der Waals surface area contributed by atoms with Crippen molar-refractivity contribution in [1.82, 2.24) is 9.13 Å². The summed E-state index contributed by atoms with van der Waals surface area (Å²) in [6, 6.07) is 9.67. The summed E-state index contributed by atoms with van der Waals surface area (Å²) in [5.74, 6) is 0. The molecule has 2 aromatic carbocycles. The van der Waals surface area contributed by atoms with Crippen molar-refractivity contribution < 1.29 is 0 Å². The van der Waals surface area contributed by atoms with Gasteiger partial charge < -0.3 is 0 Å². The van der Waals surface area contributed by atoms with Gasteiger partial charge in [-0.25, -0.2) is 0 Å². The molecule has 3 aromatic rings. The van der Waals surface area contributed by atoms with Gasteiger partial charge in [-0.15, -0.1) is 0 Å². The maximum atomic E-state index is 10.3. The summed E-state index contributed by atoms with van der Waals surface area (Å²) >= 11 is 0. The van der Waals surface area contributed by atoms with Gasteiger partial charge in [0.15, 0.2) is 0 Å². The fourth-order valence-corrected chi connectivity index (χ4v) is 9.61. The predicted molar refractivity (Wildman–Crippen MR) is 220 cm³/mol. The van der Waals surface area contributed by atoms with E-state index in [2.05, 4.69) is 185 Å². The summed E-state index contributed by atoms with van der Waals surface area (Å²) in [4.78, 5) is 0. The maximum absolute atomic E-state index is 10.3. The zero-order valence-electron chi connectivity index (χ0n) is 32.3. The molecule has 4 unspecified atom stereocenters. The van der Waals surface area contributed by atoms with Crippen LogP contribution in [-0.4, -0.2) is 9.13 Å². The standard InChI is InChI=1S/C49H57N3/c1-7-46(23-15-11-16-24-46)39-33-37(5)34-40(47(8-2)25-17-12-18-26-47)43(39)51-31-32-52(45(51)50)44-41(48(9-3)27-19-13-20-28-48)35-38(6)36-42(44)49(10-4)29-21-14-22-30-49/h11-23,25,27,29,31-36,50H,7-10,24,26,28,30H2,1-6H3. The SMILES string of the molecule is CCC1(c2cc(C)cc(C3(CC)C=CC=CC3)c2-n2ccn(-c3c(C4(CC)C=CC=CC4)cc(C)cc3C3(CC)C=CC=CC3)c2=N)C=CC=CC1. The molecule has 52 heavy (non-hydrogen) atoms. The Kier molecular flexibility index (Phi) is 9.67. The molecule has 0 aliphatic heterocycles. The fraction of sp³-hybridized carbons (Fsp3) is 0.367. The van der Waals surface area contributed by atoms with Crippen LogP contribution in [-0.2, 0) is 21.7 Å². The number of benzene rings is 2. The smallest absolute Gasteiger partial charge is 0.211 e. The molecule has 1 heterocycles. The number of imidazole rings is 1. The Morgan fingerprint density at radius 2 is 0.731 bits per heavy atom. The summed E-state index contributed by atoms with van der Waals surface area (Å²) < 4.78 is 4.46. The van der Waals surface area contributed by atoms with Crippen LogP contribution in [0.2, 0.25) is 0 Å².